The van der Waals surface area contributed by atoms with Crippen LogP contribution in [0.3, 0.4) is 0 Å². The Morgan fingerprint density at radius 1 is 1.40 bits per heavy atom. The van der Waals surface area contributed by atoms with Crippen LogP contribution in [0.15, 0.2) is 22.3 Å². The molecule has 160 valence electrons. The average molecular weight is 455 g/mol. The number of aliphatic carboxylic acids is 2. The van der Waals surface area contributed by atoms with Crippen LogP contribution < -0.4 is 11.1 Å². The Labute approximate surface area is 177 Å². The maximum Gasteiger partial charge on any atom is 0.333 e. The smallest absolute Gasteiger partial charge is 0.333 e. The number of carbonyl (C=O) groups is 4. The third-order valence-corrected chi connectivity index (χ3v) is 6.10. The minimum absolute atomic E-state index is 0.0277. The molecule has 30 heavy (non-hydrogen) atoms. The lowest BCUT2D eigenvalue weighted by atomic mass is 10.1. The van der Waals surface area contributed by atoms with Gasteiger partial charge in [0.25, 0.3) is 11.8 Å². The number of aromatic nitrogens is 1. The number of nitrogen functional groups attached to an aromatic ring is 1. The van der Waals surface area contributed by atoms with Crippen LogP contribution in [0.4, 0.5) is 5.13 Å². The van der Waals surface area contributed by atoms with E-state index in [-0.39, 0.29) is 47.3 Å². The number of nitrogens with zero attached hydrogens (tertiary/aromatic N) is 3. The third-order valence-electron chi connectivity index (χ3n) is 4.11. The number of thioether (sulfide) groups is 1. The molecule has 1 aromatic rings. The molecule has 0 aliphatic carbocycles. The Morgan fingerprint density at radius 3 is 2.80 bits per heavy atom. The van der Waals surface area contributed by atoms with Gasteiger partial charge in [-0.2, -0.15) is 0 Å². The zero-order valence-electron chi connectivity index (χ0n) is 15.3. The highest BCUT2D eigenvalue weighted by atomic mass is 32.2. The summed E-state index contributed by atoms with van der Waals surface area (Å²) in [5.41, 5.74) is 5.66. The Bertz CT molecular complexity index is 944. The van der Waals surface area contributed by atoms with E-state index in [1.807, 2.05) is 0 Å². The predicted octanol–water partition coefficient (Wildman–Crippen LogP) is -0.321. The van der Waals surface area contributed by atoms with Crippen molar-refractivity contribution in [2.24, 2.45) is 5.16 Å². The number of carbonyl (C=O) groups excluding carboxylic acids is 2. The molecule has 5 N–H and O–H groups in total. The molecule has 0 spiro atoms. The van der Waals surface area contributed by atoms with Gasteiger partial charge in [0.15, 0.2) is 10.8 Å². The van der Waals surface area contributed by atoms with Crippen molar-refractivity contribution < 1.29 is 34.2 Å². The molecule has 0 radical (unpaired) electrons. The monoisotopic (exact) mass is 455 g/mol. The summed E-state index contributed by atoms with van der Waals surface area (Å²) in [7, 11) is 0. The molecule has 1 saturated heterocycles. The number of rotatable bonds is 9. The molecule has 14 heteroatoms. The van der Waals surface area contributed by atoms with Gasteiger partial charge in [-0.1, -0.05) is 5.16 Å². The van der Waals surface area contributed by atoms with E-state index in [9.17, 15) is 19.2 Å². The summed E-state index contributed by atoms with van der Waals surface area (Å²) in [6, 6.07) is -0.859. The average Bonchev–Trinajstić information content (AvgIpc) is 3.13. The number of carboxylic acid groups (broad SMARTS) is 2. The number of hydrogen-bond donors (Lipinski definition) is 4. The first kappa shape index (κ1) is 21.6. The fourth-order valence-electron chi connectivity index (χ4n) is 2.64. The Balaban J connectivity index is 1.67. The van der Waals surface area contributed by atoms with Crippen LogP contribution in [0.5, 0.6) is 0 Å². The summed E-state index contributed by atoms with van der Waals surface area (Å²) in [5.74, 6) is -3.04. The van der Waals surface area contributed by atoms with Gasteiger partial charge in [-0.15, -0.1) is 23.1 Å². The van der Waals surface area contributed by atoms with Crippen LogP contribution in [0, 0.1) is 0 Å². The fraction of sp³-hybridized carbons (Fsp3) is 0.375. The van der Waals surface area contributed by atoms with E-state index in [1.165, 1.54) is 28.2 Å². The van der Waals surface area contributed by atoms with E-state index in [2.05, 4.69) is 15.5 Å². The Kier molecular flexibility index (Phi) is 6.56. The molecule has 1 unspecified atom stereocenters. The van der Waals surface area contributed by atoms with E-state index < -0.39 is 35.2 Å². The number of amides is 2. The van der Waals surface area contributed by atoms with E-state index in [0.717, 1.165) is 11.3 Å². The van der Waals surface area contributed by atoms with Crippen LogP contribution in [0.2, 0.25) is 0 Å². The zero-order valence-corrected chi connectivity index (χ0v) is 16.9. The number of anilines is 1. The minimum atomic E-state index is -1.10. The molecule has 1 aromatic heterocycles. The van der Waals surface area contributed by atoms with Gasteiger partial charge >= 0.3 is 11.9 Å². The standard InChI is InChI=1S/C16H17N5O7S2/c17-16-18-8(6-30-16)10(20-28-3-1-2-9(22)23)12(24)19-11-13(25)21-4-7(15(26)27)5-29-14(11)21/h4,6,11,14H,1-3,5H2,(H2,17,18)(H,19,24)(H,22,23)(H,26,27)/t11?,14-/m1/s1. The van der Waals surface area contributed by atoms with Gasteiger partial charge in [-0.25, -0.2) is 9.78 Å². The highest BCUT2D eigenvalue weighted by Crippen LogP contribution is 2.36. The third kappa shape index (κ3) is 4.71. The highest BCUT2D eigenvalue weighted by Gasteiger charge is 2.50. The number of fused-ring (bicyclic) bond motifs is 1. The van der Waals surface area contributed by atoms with Crippen LogP contribution >= 0.6 is 23.1 Å². The first-order valence-electron chi connectivity index (χ1n) is 8.59. The topological polar surface area (TPSA) is 185 Å². The van der Waals surface area contributed by atoms with Crippen molar-refractivity contribution in [3.8, 4) is 0 Å². The van der Waals surface area contributed by atoms with Gasteiger partial charge in [-0.3, -0.25) is 14.4 Å². The summed E-state index contributed by atoms with van der Waals surface area (Å²) in [5, 5.41) is 25.3. The largest absolute Gasteiger partial charge is 0.481 e. The molecule has 2 atom stereocenters. The summed E-state index contributed by atoms with van der Waals surface area (Å²) in [4.78, 5) is 57.0. The summed E-state index contributed by atoms with van der Waals surface area (Å²) < 4.78 is 0. The zero-order chi connectivity index (χ0) is 21.8. The van der Waals surface area contributed by atoms with Gasteiger partial charge in [0.1, 0.15) is 23.7 Å². The van der Waals surface area contributed by atoms with Crippen LogP contribution in [0.1, 0.15) is 18.5 Å². The van der Waals surface area contributed by atoms with Crippen LogP contribution in [0.25, 0.3) is 0 Å². The van der Waals surface area contributed by atoms with Crippen molar-refractivity contribution in [2.45, 2.75) is 24.3 Å². The number of carboxylic acids is 2. The number of oxime groups is 1. The summed E-state index contributed by atoms with van der Waals surface area (Å²) in [6.07, 6.45) is 1.36. The predicted molar refractivity (Wildman–Crippen MR) is 107 cm³/mol. The van der Waals surface area contributed by atoms with E-state index in [0.29, 0.717) is 0 Å². The molecule has 1 fully saturated rings. The molecule has 3 heterocycles. The van der Waals surface area contributed by atoms with Crippen molar-refractivity contribution in [1.29, 1.82) is 0 Å². The van der Waals surface area contributed by atoms with Gasteiger partial charge in [0.05, 0.1) is 5.57 Å². The second kappa shape index (κ2) is 9.13. The minimum Gasteiger partial charge on any atom is -0.481 e. The van der Waals surface area contributed by atoms with Crippen molar-refractivity contribution >= 4 is 57.7 Å². The molecular formula is C16H17N5O7S2. The number of hydrogen-bond acceptors (Lipinski definition) is 10. The van der Waals surface area contributed by atoms with Crippen molar-refractivity contribution in [3.63, 3.8) is 0 Å². The lowest BCUT2D eigenvalue weighted by molar-refractivity contribution is -0.144. The van der Waals surface area contributed by atoms with E-state index in [4.69, 9.17) is 20.8 Å². The van der Waals surface area contributed by atoms with Crippen molar-refractivity contribution in [3.05, 3.63) is 22.8 Å². The van der Waals surface area contributed by atoms with Crippen LogP contribution in [-0.2, 0) is 24.0 Å². The van der Waals surface area contributed by atoms with Gasteiger partial charge < -0.3 is 31.0 Å². The lowest BCUT2D eigenvalue weighted by Crippen LogP contribution is -2.69. The fourth-order valence-corrected chi connectivity index (χ4v) is 4.44. The second-order valence-electron chi connectivity index (χ2n) is 6.20. The molecule has 12 nitrogen and oxygen atoms in total. The second-order valence-corrected chi connectivity index (χ2v) is 8.19. The van der Waals surface area contributed by atoms with Gasteiger partial charge in [0.2, 0.25) is 0 Å². The van der Waals surface area contributed by atoms with Crippen molar-refractivity contribution in [2.75, 3.05) is 18.1 Å². The quantitative estimate of drug-likeness (QED) is 0.166. The first-order chi connectivity index (χ1) is 14.3. The summed E-state index contributed by atoms with van der Waals surface area (Å²) >= 11 is 2.31. The highest BCUT2D eigenvalue weighted by molar-refractivity contribution is 8.00. The molecule has 0 bridgehead atoms. The maximum absolute atomic E-state index is 12.7. The number of nitrogens with one attached hydrogen (secondary N) is 1. The Hall–Kier alpha value is -3.13. The lowest BCUT2D eigenvalue weighted by Gasteiger charge is -2.46. The number of thiazole rings is 1. The number of nitrogens with two attached hydrogens (primary N) is 1. The van der Waals surface area contributed by atoms with Gasteiger partial charge in [0, 0.05) is 23.8 Å². The SMILES string of the molecule is Nc1nc(C(=NOCCCC(=O)O)C(=O)NC2C(=O)N3C=C(C(=O)O)CS[C@H]23)cs1. The molecular weight excluding hydrogens is 438 g/mol. The molecule has 3 rings (SSSR count). The molecule has 2 amide bonds. The normalized spacial score (nSPS) is 20.7. The first-order valence-corrected chi connectivity index (χ1v) is 10.5. The van der Waals surface area contributed by atoms with Crippen molar-refractivity contribution in [1.82, 2.24) is 15.2 Å². The molecule has 0 aromatic carbocycles. The Morgan fingerprint density at radius 2 is 2.17 bits per heavy atom. The van der Waals surface area contributed by atoms with Gasteiger partial charge in [-0.05, 0) is 6.42 Å². The van der Waals surface area contributed by atoms with E-state index in [1.54, 1.807) is 0 Å². The number of β-lactam (4-membered cyclic amide) rings is 1. The van der Waals surface area contributed by atoms with Crippen LogP contribution in [-0.4, -0.2) is 73.3 Å². The maximum atomic E-state index is 12.7. The molecule has 0 saturated carbocycles. The summed E-state index contributed by atoms with van der Waals surface area (Å²) in [6.45, 7) is -0.0277. The molecule has 2 aliphatic heterocycles. The molecule has 2 aliphatic rings. The van der Waals surface area contributed by atoms with E-state index >= 15 is 0 Å².